The maximum absolute atomic E-state index is 5.97. The SMILES string of the molecule is COc1ccccc1OC(C)c1cc(-c2ccc(N)cc2)n[nH]1. The molecule has 118 valence electrons. The molecule has 0 bridgehead atoms. The first kappa shape index (κ1) is 15.0. The summed E-state index contributed by atoms with van der Waals surface area (Å²) >= 11 is 0. The minimum atomic E-state index is -0.179. The zero-order valence-electron chi connectivity index (χ0n) is 13.1. The van der Waals surface area contributed by atoms with E-state index in [-0.39, 0.29) is 6.10 Å². The molecule has 0 amide bonds. The van der Waals surface area contributed by atoms with Crippen molar-refractivity contribution in [3.8, 4) is 22.8 Å². The summed E-state index contributed by atoms with van der Waals surface area (Å²) in [5, 5.41) is 7.37. The van der Waals surface area contributed by atoms with Crippen LogP contribution in [0, 0.1) is 0 Å². The summed E-state index contributed by atoms with van der Waals surface area (Å²) in [6, 6.07) is 17.2. The largest absolute Gasteiger partial charge is 0.493 e. The second-order valence-corrected chi connectivity index (χ2v) is 5.24. The highest BCUT2D eigenvalue weighted by Gasteiger charge is 2.14. The highest BCUT2D eigenvalue weighted by molar-refractivity contribution is 5.62. The Morgan fingerprint density at radius 1 is 1.04 bits per heavy atom. The number of methoxy groups -OCH3 is 1. The lowest BCUT2D eigenvalue weighted by molar-refractivity contribution is 0.211. The first-order valence-electron chi connectivity index (χ1n) is 7.38. The van der Waals surface area contributed by atoms with Crippen LogP contribution in [0.25, 0.3) is 11.3 Å². The quantitative estimate of drug-likeness (QED) is 0.703. The molecule has 1 heterocycles. The molecule has 5 nitrogen and oxygen atoms in total. The highest BCUT2D eigenvalue weighted by Crippen LogP contribution is 2.31. The number of hydrogen-bond acceptors (Lipinski definition) is 4. The normalized spacial score (nSPS) is 11.9. The minimum absolute atomic E-state index is 0.179. The van der Waals surface area contributed by atoms with Crippen molar-refractivity contribution in [3.63, 3.8) is 0 Å². The second kappa shape index (κ2) is 6.44. The Bertz CT molecular complexity index is 781. The monoisotopic (exact) mass is 309 g/mol. The Morgan fingerprint density at radius 3 is 2.43 bits per heavy atom. The summed E-state index contributed by atoms with van der Waals surface area (Å²) in [4.78, 5) is 0. The molecule has 0 radical (unpaired) electrons. The number of rotatable bonds is 5. The number of aromatic nitrogens is 2. The van der Waals surface area contributed by atoms with Crippen molar-refractivity contribution in [2.45, 2.75) is 13.0 Å². The van der Waals surface area contributed by atoms with Gasteiger partial charge in [-0.3, -0.25) is 5.10 Å². The van der Waals surface area contributed by atoms with Gasteiger partial charge in [-0.05, 0) is 37.3 Å². The Hall–Kier alpha value is -2.95. The van der Waals surface area contributed by atoms with E-state index in [4.69, 9.17) is 15.2 Å². The third-order valence-corrected chi connectivity index (χ3v) is 3.61. The van der Waals surface area contributed by atoms with E-state index in [1.165, 1.54) is 0 Å². The van der Waals surface area contributed by atoms with Crippen LogP contribution in [0.5, 0.6) is 11.5 Å². The first-order chi connectivity index (χ1) is 11.2. The van der Waals surface area contributed by atoms with E-state index in [9.17, 15) is 0 Å². The standard InChI is InChI=1S/C18H19N3O2/c1-12(23-18-6-4-3-5-17(18)22-2)15-11-16(21-20-15)13-7-9-14(19)10-8-13/h3-12H,19H2,1-2H3,(H,20,21). The van der Waals surface area contributed by atoms with Gasteiger partial charge in [-0.15, -0.1) is 0 Å². The Balaban J connectivity index is 1.78. The van der Waals surface area contributed by atoms with E-state index in [1.807, 2.05) is 61.5 Å². The topological polar surface area (TPSA) is 73.2 Å². The van der Waals surface area contributed by atoms with Gasteiger partial charge >= 0.3 is 0 Å². The van der Waals surface area contributed by atoms with Gasteiger partial charge in [-0.2, -0.15) is 5.10 Å². The van der Waals surface area contributed by atoms with Gasteiger partial charge in [0.25, 0.3) is 0 Å². The molecule has 5 heteroatoms. The van der Waals surface area contributed by atoms with Crippen molar-refractivity contribution < 1.29 is 9.47 Å². The zero-order chi connectivity index (χ0) is 16.2. The molecule has 1 unspecified atom stereocenters. The molecule has 0 saturated heterocycles. The molecule has 0 aliphatic heterocycles. The average Bonchev–Trinajstić information content (AvgIpc) is 3.06. The Morgan fingerprint density at radius 2 is 1.74 bits per heavy atom. The van der Waals surface area contributed by atoms with Crippen molar-refractivity contribution in [1.29, 1.82) is 0 Å². The molecule has 0 aliphatic carbocycles. The lowest BCUT2D eigenvalue weighted by atomic mass is 10.1. The molecule has 0 fully saturated rings. The molecule has 23 heavy (non-hydrogen) atoms. The van der Waals surface area contributed by atoms with E-state index in [0.717, 1.165) is 22.6 Å². The van der Waals surface area contributed by atoms with Crippen molar-refractivity contribution >= 4 is 5.69 Å². The molecule has 0 spiro atoms. The van der Waals surface area contributed by atoms with Crippen LogP contribution in [0.3, 0.4) is 0 Å². The highest BCUT2D eigenvalue weighted by atomic mass is 16.5. The summed E-state index contributed by atoms with van der Waals surface area (Å²) in [6.45, 7) is 1.96. The summed E-state index contributed by atoms with van der Waals surface area (Å²) < 4.78 is 11.3. The van der Waals surface area contributed by atoms with Crippen molar-refractivity contribution in [2.75, 3.05) is 12.8 Å². The summed E-state index contributed by atoms with van der Waals surface area (Å²) in [6.07, 6.45) is -0.179. The fourth-order valence-corrected chi connectivity index (χ4v) is 2.32. The van der Waals surface area contributed by atoms with Crippen LogP contribution >= 0.6 is 0 Å². The van der Waals surface area contributed by atoms with Gasteiger partial charge in [0.15, 0.2) is 11.5 Å². The van der Waals surface area contributed by atoms with Crippen molar-refractivity contribution in [1.82, 2.24) is 10.2 Å². The fraction of sp³-hybridized carbons (Fsp3) is 0.167. The van der Waals surface area contributed by atoms with Crippen LogP contribution in [0.2, 0.25) is 0 Å². The van der Waals surface area contributed by atoms with E-state index in [2.05, 4.69) is 10.2 Å². The van der Waals surface area contributed by atoms with Crippen molar-refractivity contribution in [3.05, 3.63) is 60.3 Å². The van der Waals surface area contributed by atoms with Crippen molar-refractivity contribution in [2.24, 2.45) is 0 Å². The van der Waals surface area contributed by atoms with Crippen LogP contribution in [-0.4, -0.2) is 17.3 Å². The van der Waals surface area contributed by atoms with Crippen LogP contribution in [0.1, 0.15) is 18.7 Å². The van der Waals surface area contributed by atoms with Gasteiger partial charge in [-0.25, -0.2) is 0 Å². The van der Waals surface area contributed by atoms with Crippen LogP contribution in [0.15, 0.2) is 54.6 Å². The number of nitrogen functional groups attached to an aromatic ring is 1. The number of para-hydroxylation sites is 2. The molecule has 0 saturated carbocycles. The number of hydrogen-bond donors (Lipinski definition) is 2. The fourth-order valence-electron chi connectivity index (χ4n) is 2.32. The number of nitrogens with one attached hydrogen (secondary N) is 1. The third kappa shape index (κ3) is 3.29. The summed E-state index contributed by atoms with van der Waals surface area (Å²) in [5.74, 6) is 1.41. The van der Waals surface area contributed by atoms with Gasteiger partial charge < -0.3 is 15.2 Å². The molecule has 1 atom stereocenters. The Labute approximate surface area is 135 Å². The van der Waals surface area contributed by atoms with Gasteiger partial charge in [0.1, 0.15) is 6.10 Å². The second-order valence-electron chi connectivity index (χ2n) is 5.24. The minimum Gasteiger partial charge on any atom is -0.493 e. The number of nitrogens with zero attached hydrogens (tertiary/aromatic N) is 1. The van der Waals surface area contributed by atoms with Crippen LogP contribution in [-0.2, 0) is 0 Å². The zero-order valence-corrected chi connectivity index (χ0v) is 13.1. The lowest BCUT2D eigenvalue weighted by Gasteiger charge is -2.15. The average molecular weight is 309 g/mol. The molecule has 1 aromatic heterocycles. The van der Waals surface area contributed by atoms with E-state index >= 15 is 0 Å². The number of anilines is 1. The first-order valence-corrected chi connectivity index (χ1v) is 7.38. The number of aromatic amines is 1. The molecule has 2 aromatic carbocycles. The van der Waals surface area contributed by atoms with Gasteiger partial charge in [-0.1, -0.05) is 24.3 Å². The van der Waals surface area contributed by atoms with Gasteiger partial charge in [0, 0.05) is 11.3 Å². The third-order valence-electron chi connectivity index (χ3n) is 3.61. The lowest BCUT2D eigenvalue weighted by Crippen LogP contribution is -2.04. The molecule has 3 aromatic rings. The van der Waals surface area contributed by atoms with Gasteiger partial charge in [0.05, 0.1) is 18.5 Å². The van der Waals surface area contributed by atoms with Crippen LogP contribution in [0.4, 0.5) is 5.69 Å². The smallest absolute Gasteiger partial charge is 0.162 e. The van der Waals surface area contributed by atoms with E-state index in [1.54, 1.807) is 7.11 Å². The van der Waals surface area contributed by atoms with E-state index in [0.29, 0.717) is 11.5 Å². The molecular formula is C18H19N3O2. The van der Waals surface area contributed by atoms with Crippen LogP contribution < -0.4 is 15.2 Å². The summed E-state index contributed by atoms with van der Waals surface area (Å²) in [5.41, 5.74) is 9.20. The van der Waals surface area contributed by atoms with Gasteiger partial charge in [0.2, 0.25) is 0 Å². The maximum atomic E-state index is 5.97. The number of ether oxygens (including phenoxy) is 2. The Kier molecular flexibility index (Phi) is 4.19. The molecule has 0 aliphatic rings. The molecule has 3 N–H and O–H groups in total. The van der Waals surface area contributed by atoms with E-state index < -0.39 is 0 Å². The number of benzene rings is 2. The molecule has 3 rings (SSSR count). The predicted octanol–water partition coefficient (Wildman–Crippen LogP) is 3.81. The number of H-pyrrole nitrogens is 1. The maximum Gasteiger partial charge on any atom is 0.162 e. The predicted molar refractivity (Wildman–Crippen MR) is 90.5 cm³/mol. The summed E-state index contributed by atoms with van der Waals surface area (Å²) in [7, 11) is 1.63. The molecular weight excluding hydrogens is 290 g/mol. The number of nitrogens with two attached hydrogens (primary N) is 1.